The number of ether oxygens (including phenoxy) is 1. The first-order valence-corrected chi connectivity index (χ1v) is 12.6. The van der Waals surface area contributed by atoms with Crippen molar-refractivity contribution >= 4 is 40.6 Å². The molecule has 0 spiro atoms. The summed E-state index contributed by atoms with van der Waals surface area (Å²) in [5.41, 5.74) is 3.58. The number of nitrogens with zero attached hydrogens (tertiary/aromatic N) is 4. The second-order valence-electron chi connectivity index (χ2n) is 9.06. The zero-order chi connectivity index (χ0) is 25.8. The van der Waals surface area contributed by atoms with Crippen LogP contribution in [0.3, 0.4) is 0 Å². The van der Waals surface area contributed by atoms with E-state index in [4.69, 9.17) is 16.3 Å². The van der Waals surface area contributed by atoms with Crippen LogP contribution in [0.25, 0.3) is 0 Å². The number of aliphatic imine (C=N–C) groups is 1. The number of carbonyl (C=O) groups is 2. The second kappa shape index (κ2) is 11.1. The maximum absolute atomic E-state index is 13.3. The number of benzene rings is 2. The third-order valence-electron chi connectivity index (χ3n) is 6.56. The number of hydrogen-bond donors (Lipinski definition) is 1. The number of amides is 1. The molecule has 5 rings (SSSR count). The van der Waals surface area contributed by atoms with Crippen molar-refractivity contribution in [3.05, 3.63) is 88.1 Å². The first kappa shape index (κ1) is 24.9. The number of halogens is 1. The molecule has 8 nitrogen and oxygen atoms in total. The highest BCUT2D eigenvalue weighted by atomic mass is 35.5. The SMILES string of the molecule is CN1CCN=C1c1ccc(C(=O)Cc2ccc(N3CCOCC3)cc2C(=O)Nc2ccc(Cl)cn2)cc1. The molecule has 190 valence electrons. The predicted octanol–water partition coefficient (Wildman–Crippen LogP) is 3.94. The van der Waals surface area contributed by atoms with Crippen LogP contribution in [-0.4, -0.2) is 73.9 Å². The molecule has 1 saturated heterocycles. The van der Waals surface area contributed by atoms with E-state index in [9.17, 15) is 9.59 Å². The number of morpholine rings is 1. The highest BCUT2D eigenvalue weighted by Gasteiger charge is 2.20. The topological polar surface area (TPSA) is 87.1 Å². The Balaban J connectivity index is 1.39. The van der Waals surface area contributed by atoms with Gasteiger partial charge in [-0.15, -0.1) is 0 Å². The molecule has 0 bridgehead atoms. The maximum atomic E-state index is 13.3. The Morgan fingerprint density at radius 3 is 2.49 bits per heavy atom. The zero-order valence-corrected chi connectivity index (χ0v) is 21.4. The molecule has 37 heavy (non-hydrogen) atoms. The number of Topliss-reactive ketones (excluding diaryl/α,β-unsaturated/α-hetero) is 1. The molecule has 0 unspecified atom stereocenters. The Morgan fingerprint density at radius 2 is 1.81 bits per heavy atom. The molecule has 0 radical (unpaired) electrons. The van der Waals surface area contributed by atoms with Gasteiger partial charge in [0.2, 0.25) is 0 Å². The van der Waals surface area contributed by atoms with Crippen LogP contribution in [0.1, 0.15) is 31.8 Å². The van der Waals surface area contributed by atoms with Gasteiger partial charge in [0.05, 0.1) is 24.8 Å². The largest absolute Gasteiger partial charge is 0.378 e. The van der Waals surface area contributed by atoms with Crippen molar-refractivity contribution in [3.63, 3.8) is 0 Å². The maximum Gasteiger partial charge on any atom is 0.257 e. The Kier molecular flexibility index (Phi) is 7.48. The summed E-state index contributed by atoms with van der Waals surface area (Å²) in [7, 11) is 2.01. The lowest BCUT2D eigenvalue weighted by molar-refractivity contribution is 0.0992. The van der Waals surface area contributed by atoms with E-state index >= 15 is 0 Å². The molecule has 3 heterocycles. The van der Waals surface area contributed by atoms with Crippen LogP contribution in [0.5, 0.6) is 0 Å². The molecule has 0 saturated carbocycles. The number of pyridine rings is 1. The summed E-state index contributed by atoms with van der Waals surface area (Å²) in [6.45, 7) is 4.43. The average Bonchev–Trinajstić information content (AvgIpc) is 3.36. The van der Waals surface area contributed by atoms with Crippen LogP contribution in [0.2, 0.25) is 5.02 Å². The van der Waals surface area contributed by atoms with Gasteiger partial charge in [-0.25, -0.2) is 4.98 Å². The third-order valence-corrected chi connectivity index (χ3v) is 6.78. The van der Waals surface area contributed by atoms with Gasteiger partial charge in [0, 0.05) is 61.7 Å². The summed E-state index contributed by atoms with van der Waals surface area (Å²) in [6, 6.07) is 16.5. The molecular formula is C28H28ClN5O3. The fourth-order valence-electron chi connectivity index (χ4n) is 4.51. The molecule has 1 aromatic heterocycles. The van der Waals surface area contributed by atoms with E-state index in [1.54, 1.807) is 12.1 Å². The smallest absolute Gasteiger partial charge is 0.257 e. The van der Waals surface area contributed by atoms with Gasteiger partial charge in [0.15, 0.2) is 5.78 Å². The molecule has 1 N–H and O–H groups in total. The quantitative estimate of drug-likeness (QED) is 0.478. The lowest BCUT2D eigenvalue weighted by atomic mass is 9.96. The van der Waals surface area contributed by atoms with Crippen molar-refractivity contribution in [1.82, 2.24) is 9.88 Å². The van der Waals surface area contributed by atoms with Gasteiger partial charge in [-0.2, -0.15) is 0 Å². The number of hydrogen-bond acceptors (Lipinski definition) is 7. The van der Waals surface area contributed by atoms with Crippen LogP contribution >= 0.6 is 11.6 Å². The van der Waals surface area contributed by atoms with Crippen LogP contribution in [0.15, 0.2) is 65.8 Å². The normalized spacial score (nSPS) is 15.5. The van der Waals surface area contributed by atoms with Gasteiger partial charge >= 0.3 is 0 Å². The summed E-state index contributed by atoms with van der Waals surface area (Å²) in [4.78, 5) is 39.6. The van der Waals surface area contributed by atoms with Gasteiger partial charge in [-0.05, 0) is 29.8 Å². The Labute approximate surface area is 220 Å². The van der Waals surface area contributed by atoms with Crippen molar-refractivity contribution < 1.29 is 14.3 Å². The number of rotatable bonds is 7. The van der Waals surface area contributed by atoms with Gasteiger partial charge in [0.25, 0.3) is 5.91 Å². The Bertz CT molecular complexity index is 1320. The van der Waals surface area contributed by atoms with Crippen LogP contribution in [0, 0.1) is 0 Å². The number of carbonyl (C=O) groups excluding carboxylic acids is 2. The summed E-state index contributed by atoms with van der Waals surface area (Å²) < 4.78 is 5.46. The fourth-order valence-corrected chi connectivity index (χ4v) is 4.62. The molecule has 2 aliphatic rings. The van der Waals surface area contributed by atoms with Crippen molar-refractivity contribution in [1.29, 1.82) is 0 Å². The first-order chi connectivity index (χ1) is 18.0. The second-order valence-corrected chi connectivity index (χ2v) is 9.50. The van der Waals surface area contributed by atoms with Gasteiger partial charge in [-0.1, -0.05) is 41.9 Å². The molecule has 1 fully saturated rings. The summed E-state index contributed by atoms with van der Waals surface area (Å²) >= 11 is 5.93. The van der Waals surface area contributed by atoms with Crippen LogP contribution < -0.4 is 10.2 Å². The van der Waals surface area contributed by atoms with E-state index in [1.807, 2.05) is 49.5 Å². The number of likely N-dealkylation sites (N-methyl/N-ethyl adjacent to an activating group) is 1. The minimum absolute atomic E-state index is 0.0638. The Hall–Kier alpha value is -3.75. The van der Waals surface area contributed by atoms with E-state index in [-0.39, 0.29) is 18.1 Å². The monoisotopic (exact) mass is 517 g/mol. The van der Waals surface area contributed by atoms with Crippen LogP contribution in [-0.2, 0) is 11.2 Å². The molecule has 9 heteroatoms. The first-order valence-electron chi connectivity index (χ1n) is 12.3. The highest BCUT2D eigenvalue weighted by Crippen LogP contribution is 2.24. The van der Waals surface area contributed by atoms with E-state index in [2.05, 4.69) is 25.1 Å². The highest BCUT2D eigenvalue weighted by molar-refractivity contribution is 6.30. The standard InChI is InChI=1S/C28H28ClN5O3/c1-33-11-10-30-27(33)20-4-2-19(3-5-20)25(35)16-21-6-8-23(34-12-14-37-15-13-34)17-24(21)28(36)32-26-9-7-22(29)18-31-26/h2-9,17-18H,10-16H2,1H3,(H,31,32,36). The molecule has 0 atom stereocenters. The number of nitrogens with one attached hydrogen (secondary N) is 1. The van der Waals surface area contributed by atoms with Gasteiger partial charge < -0.3 is 19.9 Å². The van der Waals surface area contributed by atoms with E-state index in [0.29, 0.717) is 40.7 Å². The lowest BCUT2D eigenvalue weighted by Crippen LogP contribution is -2.36. The summed E-state index contributed by atoms with van der Waals surface area (Å²) in [6.07, 6.45) is 1.57. The number of amidine groups is 1. The number of ketones is 1. The molecular weight excluding hydrogens is 490 g/mol. The van der Waals surface area contributed by atoms with Gasteiger partial charge in [0.1, 0.15) is 11.7 Å². The molecule has 1 amide bonds. The minimum atomic E-state index is -0.328. The minimum Gasteiger partial charge on any atom is -0.378 e. The fraction of sp³-hybridized carbons (Fsp3) is 0.286. The zero-order valence-electron chi connectivity index (χ0n) is 20.6. The third kappa shape index (κ3) is 5.81. The van der Waals surface area contributed by atoms with Crippen molar-refractivity contribution in [2.45, 2.75) is 6.42 Å². The van der Waals surface area contributed by atoms with Gasteiger partial charge in [-0.3, -0.25) is 14.6 Å². The van der Waals surface area contributed by atoms with Crippen molar-refractivity contribution in [2.75, 3.05) is 56.7 Å². The van der Waals surface area contributed by atoms with Crippen LogP contribution in [0.4, 0.5) is 11.5 Å². The van der Waals surface area contributed by atoms with Crippen molar-refractivity contribution in [2.24, 2.45) is 4.99 Å². The average molecular weight is 518 g/mol. The molecule has 2 aromatic carbocycles. The molecule has 2 aliphatic heterocycles. The number of aromatic nitrogens is 1. The number of anilines is 2. The van der Waals surface area contributed by atoms with Crippen molar-refractivity contribution in [3.8, 4) is 0 Å². The van der Waals surface area contributed by atoms with E-state index in [1.165, 1.54) is 6.20 Å². The molecule has 0 aliphatic carbocycles. The predicted molar refractivity (Wildman–Crippen MR) is 145 cm³/mol. The van der Waals surface area contributed by atoms with E-state index in [0.717, 1.165) is 43.3 Å². The lowest BCUT2D eigenvalue weighted by Gasteiger charge is -2.29. The summed E-state index contributed by atoms with van der Waals surface area (Å²) in [5, 5.41) is 3.31. The molecule has 3 aromatic rings. The Morgan fingerprint density at radius 1 is 1.03 bits per heavy atom. The summed E-state index contributed by atoms with van der Waals surface area (Å²) in [5.74, 6) is 0.933. The van der Waals surface area contributed by atoms with E-state index < -0.39 is 0 Å².